The number of nitrogens with zero attached hydrogens (tertiary/aromatic N) is 6. The second kappa shape index (κ2) is 9.43. The maximum Gasteiger partial charge on any atom is 0.245 e. The number of amides is 1. The Bertz CT molecular complexity index is 790. The summed E-state index contributed by atoms with van der Waals surface area (Å²) < 4.78 is 5.42. The minimum atomic E-state index is -0.468. The van der Waals surface area contributed by atoms with Crippen LogP contribution < -0.4 is 5.48 Å². The highest BCUT2D eigenvalue weighted by atomic mass is 16.5. The molecule has 160 valence electrons. The number of aromatic nitrogens is 6. The molecule has 0 aromatic carbocycles. The smallest absolute Gasteiger partial charge is 0.245 e. The Hall–Kier alpha value is -2.36. The quantitative estimate of drug-likeness (QED) is 0.505. The van der Waals surface area contributed by atoms with Crippen LogP contribution in [0.5, 0.6) is 0 Å². The van der Waals surface area contributed by atoms with Crippen molar-refractivity contribution in [2.45, 2.75) is 90.0 Å². The van der Waals surface area contributed by atoms with E-state index in [1.807, 2.05) is 20.8 Å². The van der Waals surface area contributed by atoms with Gasteiger partial charge in [-0.1, -0.05) is 50.1 Å². The minimum Gasteiger partial charge on any atom is -0.339 e. The highest BCUT2D eigenvalue weighted by Crippen LogP contribution is 2.31. The van der Waals surface area contributed by atoms with Crippen molar-refractivity contribution >= 4 is 5.91 Å². The van der Waals surface area contributed by atoms with Gasteiger partial charge < -0.3 is 4.52 Å². The fourth-order valence-corrected chi connectivity index (χ4v) is 3.79. The van der Waals surface area contributed by atoms with Gasteiger partial charge in [0.05, 0.1) is 5.54 Å². The van der Waals surface area contributed by atoms with Crippen molar-refractivity contribution in [3.8, 4) is 11.6 Å². The third kappa shape index (κ3) is 5.81. The van der Waals surface area contributed by atoms with Gasteiger partial charge in [-0.25, -0.2) is 5.48 Å². The van der Waals surface area contributed by atoms with Crippen LogP contribution in [0, 0.1) is 5.92 Å². The molecule has 3 rings (SSSR count). The molecule has 29 heavy (non-hydrogen) atoms. The number of hydrogen-bond donors (Lipinski definition) is 2. The van der Waals surface area contributed by atoms with Gasteiger partial charge in [-0.2, -0.15) is 9.78 Å². The fourth-order valence-electron chi connectivity index (χ4n) is 3.79. The van der Waals surface area contributed by atoms with Gasteiger partial charge in [0.15, 0.2) is 0 Å². The van der Waals surface area contributed by atoms with E-state index in [0.717, 1.165) is 25.2 Å². The van der Waals surface area contributed by atoms with Crippen molar-refractivity contribution in [1.29, 1.82) is 0 Å². The highest BCUT2D eigenvalue weighted by molar-refractivity contribution is 5.75. The van der Waals surface area contributed by atoms with Gasteiger partial charge in [0.25, 0.3) is 0 Å². The molecule has 1 saturated carbocycles. The summed E-state index contributed by atoms with van der Waals surface area (Å²) in [5.41, 5.74) is 1.39. The average molecular weight is 406 g/mol. The Kier molecular flexibility index (Phi) is 6.94. The molecule has 10 heteroatoms. The summed E-state index contributed by atoms with van der Waals surface area (Å²) in [6.07, 6.45) is 9.51. The van der Waals surface area contributed by atoms with Gasteiger partial charge in [0, 0.05) is 12.3 Å². The summed E-state index contributed by atoms with van der Waals surface area (Å²) in [6.45, 7) is 5.90. The van der Waals surface area contributed by atoms with Crippen LogP contribution in [-0.4, -0.2) is 41.5 Å². The Morgan fingerprint density at radius 2 is 2.03 bits per heavy atom. The molecule has 0 bridgehead atoms. The predicted molar refractivity (Wildman–Crippen MR) is 104 cm³/mol. The second-order valence-electron chi connectivity index (χ2n) is 8.90. The van der Waals surface area contributed by atoms with E-state index in [2.05, 4.69) is 25.6 Å². The predicted octanol–water partition coefficient (Wildman–Crippen LogP) is 3.21. The third-order valence-electron chi connectivity index (χ3n) is 5.45. The largest absolute Gasteiger partial charge is 0.339 e. The molecular weight excluding hydrogens is 374 g/mol. The molecule has 0 aliphatic heterocycles. The summed E-state index contributed by atoms with van der Waals surface area (Å²) in [7, 11) is 0. The lowest BCUT2D eigenvalue weighted by atomic mass is 9.84. The zero-order chi connectivity index (χ0) is 20.9. The number of nitrogens with one attached hydrogen (secondary N) is 1. The second-order valence-corrected chi connectivity index (χ2v) is 8.90. The van der Waals surface area contributed by atoms with Crippen LogP contribution in [0.4, 0.5) is 0 Å². The van der Waals surface area contributed by atoms with Crippen LogP contribution in [0.1, 0.15) is 90.4 Å². The Balaban J connectivity index is 1.67. The van der Waals surface area contributed by atoms with Crippen molar-refractivity contribution in [2.24, 2.45) is 5.92 Å². The fraction of sp³-hybridized carbons (Fsp3) is 0.789. The molecule has 2 heterocycles. The SMILES string of the molecule is CC(C)(C)n1nnc(-c2noc([C@H](CCCC3CCCCC3)CC(=O)NO)n2)n1. The molecule has 0 radical (unpaired) electrons. The molecule has 2 N–H and O–H groups in total. The van der Waals surface area contributed by atoms with Crippen LogP contribution >= 0.6 is 0 Å². The summed E-state index contributed by atoms with van der Waals surface area (Å²) in [4.78, 5) is 17.7. The minimum absolute atomic E-state index is 0.0882. The zero-order valence-electron chi connectivity index (χ0n) is 17.5. The number of carbonyl (C=O) groups is 1. The molecule has 1 amide bonds. The molecule has 2 aromatic rings. The Morgan fingerprint density at radius 3 is 2.69 bits per heavy atom. The molecule has 10 nitrogen and oxygen atoms in total. The molecule has 0 saturated heterocycles. The van der Waals surface area contributed by atoms with Crippen molar-refractivity contribution in [1.82, 2.24) is 35.8 Å². The summed E-state index contributed by atoms with van der Waals surface area (Å²) in [6, 6.07) is 0. The van der Waals surface area contributed by atoms with Gasteiger partial charge in [-0.15, -0.1) is 10.2 Å². The molecule has 1 aliphatic carbocycles. The van der Waals surface area contributed by atoms with Crippen LogP contribution in [0.2, 0.25) is 0 Å². The van der Waals surface area contributed by atoms with E-state index in [4.69, 9.17) is 9.73 Å². The lowest BCUT2D eigenvalue weighted by Crippen LogP contribution is -2.24. The van der Waals surface area contributed by atoms with E-state index < -0.39 is 5.91 Å². The molecule has 2 aromatic heterocycles. The molecule has 1 fully saturated rings. The van der Waals surface area contributed by atoms with Crippen LogP contribution in [0.25, 0.3) is 11.6 Å². The van der Waals surface area contributed by atoms with Gasteiger partial charge in [0.2, 0.25) is 23.4 Å². The molecule has 0 spiro atoms. The first-order valence-corrected chi connectivity index (χ1v) is 10.4. The van der Waals surface area contributed by atoms with Crippen molar-refractivity contribution in [3.63, 3.8) is 0 Å². The molecule has 1 atom stereocenters. The van der Waals surface area contributed by atoms with Gasteiger partial charge in [-0.3, -0.25) is 10.0 Å². The maximum atomic E-state index is 11.8. The average Bonchev–Trinajstić information content (AvgIpc) is 3.37. The normalized spacial score (nSPS) is 16.7. The summed E-state index contributed by atoms with van der Waals surface area (Å²) >= 11 is 0. The highest BCUT2D eigenvalue weighted by Gasteiger charge is 2.25. The lowest BCUT2D eigenvalue weighted by Gasteiger charge is -2.22. The van der Waals surface area contributed by atoms with Crippen LogP contribution in [-0.2, 0) is 10.3 Å². The first-order chi connectivity index (χ1) is 13.9. The Labute approximate surface area is 170 Å². The topological polar surface area (TPSA) is 132 Å². The zero-order valence-corrected chi connectivity index (χ0v) is 17.5. The number of tetrazole rings is 1. The van der Waals surface area contributed by atoms with Crippen molar-refractivity contribution in [3.05, 3.63) is 5.89 Å². The molecular formula is C19H31N7O3. The molecule has 1 aliphatic rings. The van der Waals surface area contributed by atoms with E-state index in [9.17, 15) is 4.79 Å². The number of hydroxylamine groups is 1. The van der Waals surface area contributed by atoms with Crippen LogP contribution in [0.15, 0.2) is 4.52 Å². The van der Waals surface area contributed by atoms with E-state index in [-0.39, 0.29) is 29.5 Å². The van der Waals surface area contributed by atoms with Crippen molar-refractivity contribution < 1.29 is 14.5 Å². The van der Waals surface area contributed by atoms with E-state index in [1.54, 1.807) is 5.48 Å². The van der Waals surface area contributed by atoms with Gasteiger partial charge >= 0.3 is 0 Å². The first-order valence-electron chi connectivity index (χ1n) is 10.4. The maximum absolute atomic E-state index is 11.8. The Morgan fingerprint density at radius 1 is 1.28 bits per heavy atom. The standard InChI is InChI=1S/C19H31N7O3/c1-19(2,3)26-22-17(21-25-26)16-20-18(29-24-16)14(12-15(27)23-28)11-7-10-13-8-5-4-6-9-13/h13-14,28H,4-12H2,1-3H3,(H,23,27)/t14-/m1/s1. The van der Waals surface area contributed by atoms with Gasteiger partial charge in [-0.05, 0) is 38.3 Å². The number of rotatable bonds is 8. The number of carbonyl (C=O) groups excluding carboxylic acids is 1. The third-order valence-corrected chi connectivity index (χ3v) is 5.45. The van der Waals surface area contributed by atoms with Crippen molar-refractivity contribution in [2.75, 3.05) is 0 Å². The van der Waals surface area contributed by atoms with Gasteiger partial charge in [0.1, 0.15) is 0 Å². The summed E-state index contributed by atoms with van der Waals surface area (Å²) in [5, 5.41) is 25.3. The summed E-state index contributed by atoms with van der Waals surface area (Å²) in [5.74, 6) is 0.929. The van der Waals surface area contributed by atoms with E-state index in [1.165, 1.54) is 36.9 Å². The van der Waals surface area contributed by atoms with E-state index in [0.29, 0.717) is 5.89 Å². The lowest BCUT2D eigenvalue weighted by molar-refractivity contribution is -0.129. The number of hydrogen-bond acceptors (Lipinski definition) is 8. The molecule has 0 unspecified atom stereocenters. The van der Waals surface area contributed by atoms with Crippen LogP contribution in [0.3, 0.4) is 0 Å². The first kappa shape index (κ1) is 21.4. The van der Waals surface area contributed by atoms with E-state index >= 15 is 0 Å². The monoisotopic (exact) mass is 405 g/mol.